The Labute approximate surface area is 155 Å². The third-order valence-corrected chi connectivity index (χ3v) is 4.87. The van der Waals surface area contributed by atoms with Gasteiger partial charge in [-0.05, 0) is 38.0 Å². The van der Waals surface area contributed by atoms with Crippen molar-refractivity contribution in [3.8, 4) is 0 Å². The molecule has 1 aliphatic carbocycles. The number of halogens is 1. The van der Waals surface area contributed by atoms with E-state index < -0.39 is 0 Å². The Morgan fingerprint density at radius 3 is 2.73 bits per heavy atom. The van der Waals surface area contributed by atoms with E-state index in [-0.39, 0.29) is 24.0 Å². The van der Waals surface area contributed by atoms with Gasteiger partial charge in [-0.1, -0.05) is 13.8 Å². The van der Waals surface area contributed by atoms with Gasteiger partial charge in [-0.2, -0.15) is 0 Å². The fraction of sp³-hybridized carbons (Fsp3) is 0.750. The molecule has 126 valence electrons. The van der Waals surface area contributed by atoms with Crippen molar-refractivity contribution >= 4 is 41.3 Å². The summed E-state index contributed by atoms with van der Waals surface area (Å²) in [5.41, 5.74) is 1.38. The summed E-state index contributed by atoms with van der Waals surface area (Å²) in [5.74, 6) is 1.53. The van der Waals surface area contributed by atoms with E-state index in [2.05, 4.69) is 29.5 Å². The van der Waals surface area contributed by atoms with Crippen LogP contribution in [0.5, 0.6) is 0 Å². The van der Waals surface area contributed by atoms with Crippen molar-refractivity contribution in [2.75, 3.05) is 20.1 Å². The van der Waals surface area contributed by atoms with Crippen molar-refractivity contribution in [3.63, 3.8) is 0 Å². The van der Waals surface area contributed by atoms with Crippen LogP contribution in [-0.2, 0) is 19.3 Å². The van der Waals surface area contributed by atoms with Crippen LogP contribution in [0, 0.1) is 5.92 Å². The van der Waals surface area contributed by atoms with E-state index in [9.17, 15) is 0 Å². The number of guanidine groups is 1. The predicted octanol–water partition coefficient (Wildman–Crippen LogP) is 3.39. The van der Waals surface area contributed by atoms with E-state index >= 15 is 0 Å². The number of thiazole rings is 1. The van der Waals surface area contributed by atoms with E-state index in [4.69, 9.17) is 4.98 Å². The molecule has 1 aliphatic rings. The van der Waals surface area contributed by atoms with Crippen LogP contribution in [0.3, 0.4) is 0 Å². The molecule has 1 aromatic rings. The minimum Gasteiger partial charge on any atom is -0.356 e. The van der Waals surface area contributed by atoms with Gasteiger partial charge in [0.05, 0.1) is 10.7 Å². The first-order valence-electron chi connectivity index (χ1n) is 8.11. The first-order chi connectivity index (χ1) is 10.2. The number of rotatable bonds is 6. The zero-order valence-corrected chi connectivity index (χ0v) is 17.1. The third kappa shape index (κ3) is 6.40. The normalized spacial score (nSPS) is 14.5. The maximum atomic E-state index is 4.79. The molecule has 0 radical (unpaired) electrons. The molecule has 2 N–H and O–H groups in total. The molecular formula is C16H29IN4S. The van der Waals surface area contributed by atoms with Gasteiger partial charge in [-0.15, -0.1) is 35.3 Å². The lowest BCUT2D eigenvalue weighted by atomic mass is 10.0. The van der Waals surface area contributed by atoms with Crippen molar-refractivity contribution in [2.24, 2.45) is 10.9 Å². The van der Waals surface area contributed by atoms with Gasteiger partial charge in [0.15, 0.2) is 5.96 Å². The summed E-state index contributed by atoms with van der Waals surface area (Å²) in [6.45, 7) is 6.30. The summed E-state index contributed by atoms with van der Waals surface area (Å²) < 4.78 is 0. The van der Waals surface area contributed by atoms with Crippen molar-refractivity contribution in [1.29, 1.82) is 0 Å². The van der Waals surface area contributed by atoms with Crippen LogP contribution < -0.4 is 10.6 Å². The van der Waals surface area contributed by atoms with Gasteiger partial charge in [0.1, 0.15) is 0 Å². The van der Waals surface area contributed by atoms with Crippen LogP contribution in [0.25, 0.3) is 0 Å². The van der Waals surface area contributed by atoms with Gasteiger partial charge >= 0.3 is 0 Å². The molecule has 4 nitrogen and oxygen atoms in total. The summed E-state index contributed by atoms with van der Waals surface area (Å²) >= 11 is 1.93. The SMILES string of the molecule is CN=C(NCCCc1nc2c(s1)CCCC2)NCC(C)C.I. The Hall–Kier alpha value is -0.370. The van der Waals surface area contributed by atoms with Crippen molar-refractivity contribution in [3.05, 3.63) is 15.6 Å². The monoisotopic (exact) mass is 436 g/mol. The minimum atomic E-state index is 0. The lowest BCUT2D eigenvalue weighted by molar-refractivity contribution is 0.612. The molecule has 6 heteroatoms. The maximum Gasteiger partial charge on any atom is 0.190 e. The number of aliphatic imine (C=N–C) groups is 1. The molecule has 0 bridgehead atoms. The molecule has 0 unspecified atom stereocenters. The lowest BCUT2D eigenvalue weighted by Gasteiger charge is -2.12. The molecule has 0 aromatic carbocycles. The highest BCUT2D eigenvalue weighted by molar-refractivity contribution is 14.0. The summed E-state index contributed by atoms with van der Waals surface area (Å²) in [6, 6.07) is 0. The molecule has 0 fully saturated rings. The number of aromatic nitrogens is 1. The summed E-state index contributed by atoms with van der Waals surface area (Å²) in [4.78, 5) is 10.6. The van der Waals surface area contributed by atoms with Crippen molar-refractivity contribution in [2.45, 2.75) is 52.4 Å². The van der Waals surface area contributed by atoms with Crippen molar-refractivity contribution < 1.29 is 0 Å². The van der Waals surface area contributed by atoms with Crippen LogP contribution in [0.15, 0.2) is 4.99 Å². The van der Waals surface area contributed by atoms with E-state index in [0.29, 0.717) is 5.92 Å². The lowest BCUT2D eigenvalue weighted by Crippen LogP contribution is -2.39. The molecular weight excluding hydrogens is 407 g/mol. The predicted molar refractivity (Wildman–Crippen MR) is 107 cm³/mol. The Morgan fingerprint density at radius 1 is 1.27 bits per heavy atom. The number of aryl methyl sites for hydroxylation is 3. The van der Waals surface area contributed by atoms with Gasteiger partial charge in [0, 0.05) is 31.4 Å². The maximum absolute atomic E-state index is 4.79. The third-order valence-electron chi connectivity index (χ3n) is 3.65. The number of hydrogen-bond donors (Lipinski definition) is 2. The summed E-state index contributed by atoms with van der Waals surface area (Å²) in [5, 5.41) is 8.02. The highest BCUT2D eigenvalue weighted by Gasteiger charge is 2.14. The van der Waals surface area contributed by atoms with E-state index in [0.717, 1.165) is 31.9 Å². The van der Waals surface area contributed by atoms with Gasteiger partial charge in [-0.25, -0.2) is 4.98 Å². The van der Waals surface area contributed by atoms with Crippen LogP contribution in [-0.4, -0.2) is 31.1 Å². The van der Waals surface area contributed by atoms with Crippen LogP contribution in [0.1, 0.15) is 48.7 Å². The minimum absolute atomic E-state index is 0. The molecule has 22 heavy (non-hydrogen) atoms. The molecule has 1 aromatic heterocycles. The Balaban J connectivity index is 0.00000242. The van der Waals surface area contributed by atoms with Crippen molar-refractivity contribution in [1.82, 2.24) is 15.6 Å². The van der Waals surface area contributed by atoms with Gasteiger partial charge in [0.2, 0.25) is 0 Å². The molecule has 0 saturated heterocycles. The molecule has 0 aliphatic heterocycles. The zero-order chi connectivity index (χ0) is 15.1. The fourth-order valence-corrected chi connectivity index (χ4v) is 3.68. The smallest absolute Gasteiger partial charge is 0.190 e. The molecule has 1 heterocycles. The topological polar surface area (TPSA) is 49.3 Å². The van der Waals surface area contributed by atoms with Gasteiger partial charge in [-0.3, -0.25) is 4.99 Å². The highest BCUT2D eigenvalue weighted by Crippen LogP contribution is 2.27. The molecule has 0 atom stereocenters. The Morgan fingerprint density at radius 2 is 2.05 bits per heavy atom. The molecule has 2 rings (SSSR count). The highest BCUT2D eigenvalue weighted by atomic mass is 127. The Bertz CT molecular complexity index is 447. The summed E-state index contributed by atoms with van der Waals surface area (Å²) in [6.07, 6.45) is 7.27. The number of nitrogens with zero attached hydrogens (tertiary/aromatic N) is 2. The molecule has 0 amide bonds. The zero-order valence-electron chi connectivity index (χ0n) is 13.9. The second kappa shape index (κ2) is 10.4. The van der Waals surface area contributed by atoms with E-state index in [1.807, 2.05) is 18.4 Å². The number of hydrogen-bond acceptors (Lipinski definition) is 3. The van der Waals surface area contributed by atoms with Gasteiger partial charge in [0.25, 0.3) is 0 Å². The Kier molecular flexibility index (Phi) is 9.31. The molecule has 0 saturated carbocycles. The second-order valence-electron chi connectivity index (χ2n) is 6.06. The van der Waals surface area contributed by atoms with Gasteiger partial charge < -0.3 is 10.6 Å². The first-order valence-corrected chi connectivity index (χ1v) is 8.92. The number of fused-ring (bicyclic) bond motifs is 1. The van der Waals surface area contributed by atoms with Crippen LogP contribution in [0.4, 0.5) is 0 Å². The molecule has 0 spiro atoms. The standard InChI is InChI=1S/C16H28N4S.HI/c1-12(2)11-19-16(17-3)18-10-6-9-15-20-13-7-4-5-8-14(13)21-15;/h12H,4-11H2,1-3H3,(H2,17,18,19);1H. The second-order valence-corrected chi connectivity index (χ2v) is 7.23. The largest absolute Gasteiger partial charge is 0.356 e. The van der Waals surface area contributed by atoms with E-state index in [1.165, 1.54) is 36.4 Å². The van der Waals surface area contributed by atoms with Crippen LogP contribution >= 0.6 is 35.3 Å². The average Bonchev–Trinajstić information content (AvgIpc) is 2.89. The summed E-state index contributed by atoms with van der Waals surface area (Å²) in [7, 11) is 1.82. The van der Waals surface area contributed by atoms with E-state index in [1.54, 1.807) is 4.88 Å². The number of nitrogens with one attached hydrogen (secondary N) is 2. The first kappa shape index (κ1) is 19.7. The quantitative estimate of drug-likeness (QED) is 0.311. The fourth-order valence-electron chi connectivity index (χ4n) is 2.48. The van der Waals surface area contributed by atoms with Crippen LogP contribution in [0.2, 0.25) is 0 Å². The average molecular weight is 436 g/mol.